The van der Waals surface area contributed by atoms with E-state index in [1.54, 1.807) is 71.9 Å². The number of aliphatic hydroxyl groups excluding tert-OH is 1. The van der Waals surface area contributed by atoms with Crippen molar-refractivity contribution in [2.24, 2.45) is 17.8 Å². The SMILES string of the molecule is CC[C@H](C)[C@H](NC(=O)C[C@H](O)[C@H](Cc1ccccc1)NC(=O)C(NC(=O)Cc1cc(OC(F)(F)F)ccc1OC)C(C)C)C(=O)NC(C(=O)O)C(C)C. The van der Waals surface area contributed by atoms with Crippen molar-refractivity contribution in [3.05, 3.63) is 59.7 Å². The summed E-state index contributed by atoms with van der Waals surface area (Å²) in [6, 6.07) is 7.56. The Morgan fingerprint density at radius 1 is 0.792 bits per heavy atom. The molecule has 2 aromatic rings. The van der Waals surface area contributed by atoms with Gasteiger partial charge in [0.05, 0.1) is 32.1 Å². The number of carboxylic acids is 1. The van der Waals surface area contributed by atoms with Crippen LogP contribution in [0.2, 0.25) is 0 Å². The molecule has 13 nitrogen and oxygen atoms in total. The van der Waals surface area contributed by atoms with Crippen LogP contribution in [0, 0.1) is 17.8 Å². The predicted molar refractivity (Wildman–Crippen MR) is 189 cm³/mol. The molecule has 0 spiro atoms. The van der Waals surface area contributed by atoms with Crippen LogP contribution in [0.25, 0.3) is 0 Å². The number of amides is 4. The second-order valence-corrected chi connectivity index (χ2v) is 13.6. The number of alkyl halides is 3. The van der Waals surface area contributed by atoms with Gasteiger partial charge in [-0.3, -0.25) is 19.2 Å². The molecule has 2 rings (SSSR count). The minimum Gasteiger partial charge on any atom is -0.496 e. The van der Waals surface area contributed by atoms with Crippen LogP contribution >= 0.6 is 0 Å². The Kier molecular flexibility index (Phi) is 17.1. The number of nitrogens with one attached hydrogen (secondary N) is 4. The third-order valence-electron chi connectivity index (χ3n) is 8.63. The number of benzene rings is 2. The van der Waals surface area contributed by atoms with Crippen LogP contribution in [0.15, 0.2) is 48.5 Å². The zero-order chi connectivity index (χ0) is 40.0. The molecule has 6 N–H and O–H groups in total. The summed E-state index contributed by atoms with van der Waals surface area (Å²) in [5, 5.41) is 31.3. The number of halogens is 3. The van der Waals surface area contributed by atoms with Crippen molar-refractivity contribution < 1.29 is 56.8 Å². The van der Waals surface area contributed by atoms with E-state index in [1.165, 1.54) is 13.2 Å². The first-order valence-corrected chi connectivity index (χ1v) is 17.3. The molecule has 0 aliphatic rings. The van der Waals surface area contributed by atoms with Gasteiger partial charge < -0.3 is 41.0 Å². The first kappa shape index (κ1) is 44.3. The highest BCUT2D eigenvalue weighted by atomic mass is 19.4. The molecule has 0 saturated heterocycles. The summed E-state index contributed by atoms with van der Waals surface area (Å²) < 4.78 is 47.6. The zero-order valence-corrected chi connectivity index (χ0v) is 31.0. The fourth-order valence-corrected chi connectivity index (χ4v) is 5.47. The van der Waals surface area contributed by atoms with Gasteiger partial charge in [0, 0.05) is 5.56 Å². The van der Waals surface area contributed by atoms with Crippen LogP contribution in [-0.4, -0.2) is 83.6 Å². The summed E-state index contributed by atoms with van der Waals surface area (Å²) in [5.74, 6) is -5.79. The lowest BCUT2D eigenvalue weighted by atomic mass is 9.95. The predicted octanol–water partition coefficient (Wildman–Crippen LogP) is 3.51. The van der Waals surface area contributed by atoms with Gasteiger partial charge in [-0.05, 0) is 47.9 Å². The Bertz CT molecular complexity index is 1540. The molecule has 0 aromatic heterocycles. The third kappa shape index (κ3) is 14.6. The highest BCUT2D eigenvalue weighted by Gasteiger charge is 2.34. The first-order chi connectivity index (χ1) is 24.8. The zero-order valence-electron chi connectivity index (χ0n) is 31.0. The third-order valence-corrected chi connectivity index (χ3v) is 8.63. The van der Waals surface area contributed by atoms with E-state index in [-0.39, 0.29) is 17.7 Å². The van der Waals surface area contributed by atoms with Crippen LogP contribution in [0.1, 0.15) is 65.5 Å². The van der Waals surface area contributed by atoms with Crippen molar-refractivity contribution in [2.75, 3.05) is 7.11 Å². The van der Waals surface area contributed by atoms with Crippen molar-refractivity contribution in [1.29, 1.82) is 0 Å². The molecule has 4 amide bonds. The van der Waals surface area contributed by atoms with E-state index in [4.69, 9.17) is 4.74 Å². The summed E-state index contributed by atoms with van der Waals surface area (Å²) in [6.07, 6.45) is -6.90. The molecular formula is C37H51F3N4O9. The second kappa shape index (κ2) is 20.4. The van der Waals surface area contributed by atoms with E-state index >= 15 is 0 Å². The van der Waals surface area contributed by atoms with E-state index in [0.29, 0.717) is 12.0 Å². The van der Waals surface area contributed by atoms with Gasteiger partial charge in [0.2, 0.25) is 23.6 Å². The maximum Gasteiger partial charge on any atom is 0.573 e. The molecule has 16 heteroatoms. The minimum atomic E-state index is -4.96. The number of rotatable bonds is 20. The van der Waals surface area contributed by atoms with Gasteiger partial charge in [0.25, 0.3) is 0 Å². The number of carbonyl (C=O) groups excluding carboxylic acids is 4. The number of carboxylic acid groups (broad SMARTS) is 1. The van der Waals surface area contributed by atoms with Crippen LogP contribution in [0.5, 0.6) is 11.5 Å². The van der Waals surface area contributed by atoms with Crippen LogP contribution in [0.3, 0.4) is 0 Å². The molecule has 2 aromatic carbocycles. The summed E-state index contributed by atoms with van der Waals surface area (Å²) >= 11 is 0. The maximum absolute atomic E-state index is 13.7. The summed E-state index contributed by atoms with van der Waals surface area (Å²) in [5.41, 5.74) is 0.783. The number of methoxy groups -OCH3 is 1. The van der Waals surface area contributed by atoms with E-state index < -0.39 is 103 Å². The topological polar surface area (TPSA) is 192 Å². The van der Waals surface area contributed by atoms with Gasteiger partial charge in [0.15, 0.2) is 0 Å². The fourth-order valence-electron chi connectivity index (χ4n) is 5.47. The van der Waals surface area contributed by atoms with Gasteiger partial charge in [-0.2, -0.15) is 0 Å². The highest BCUT2D eigenvalue weighted by molar-refractivity contribution is 5.91. The van der Waals surface area contributed by atoms with Crippen LogP contribution in [-0.2, 0) is 36.8 Å². The standard InChI is InChI=1S/C37H51F3N4O9/c1-8-22(6)33(35(49)44-32(21(4)5)36(50)51)43-30(47)19-27(45)26(16-23-12-10-9-11-13-23)41-34(48)31(20(2)3)42-29(46)18-24-17-25(53-37(38,39)40)14-15-28(24)52-7/h9-15,17,20-22,26-27,31-33,45H,8,16,18-19H2,1-7H3,(H,41,48)(H,42,46)(H,43,47)(H,44,49)(H,50,51)/t22-,26-,27-,31?,32?,33-/m0/s1. The van der Waals surface area contributed by atoms with E-state index in [0.717, 1.165) is 12.1 Å². The van der Waals surface area contributed by atoms with Crippen molar-refractivity contribution >= 4 is 29.6 Å². The normalized spacial score (nSPS) is 15.0. The number of aliphatic hydroxyl groups is 1. The number of aliphatic carboxylic acids is 1. The molecule has 0 fully saturated rings. The Morgan fingerprint density at radius 3 is 1.91 bits per heavy atom. The van der Waals surface area contributed by atoms with Crippen LogP contribution in [0.4, 0.5) is 13.2 Å². The average molecular weight is 753 g/mol. The van der Waals surface area contributed by atoms with Gasteiger partial charge >= 0.3 is 12.3 Å². The lowest BCUT2D eigenvalue weighted by Gasteiger charge is -2.30. The minimum absolute atomic E-state index is 0.0742. The Hall–Kier alpha value is -4.86. The molecular weight excluding hydrogens is 701 g/mol. The summed E-state index contributed by atoms with van der Waals surface area (Å²) in [4.78, 5) is 65.0. The van der Waals surface area contributed by atoms with Gasteiger partial charge in [-0.1, -0.05) is 78.3 Å². The Labute approximate surface area is 307 Å². The molecule has 0 bridgehead atoms. The second-order valence-electron chi connectivity index (χ2n) is 13.6. The smallest absolute Gasteiger partial charge is 0.496 e. The van der Waals surface area contributed by atoms with Gasteiger partial charge in [-0.25, -0.2) is 4.79 Å². The van der Waals surface area contributed by atoms with Crippen molar-refractivity contribution in [3.8, 4) is 11.5 Å². The average Bonchev–Trinajstić information content (AvgIpc) is 3.07. The number of carbonyl (C=O) groups is 5. The van der Waals surface area contributed by atoms with E-state index in [1.807, 2.05) is 0 Å². The molecule has 0 aliphatic carbocycles. The molecule has 294 valence electrons. The molecule has 0 saturated carbocycles. The number of hydrogen-bond acceptors (Lipinski definition) is 8. The Morgan fingerprint density at radius 2 is 1.38 bits per heavy atom. The fraction of sp³-hybridized carbons (Fsp3) is 0.541. The number of hydrogen-bond donors (Lipinski definition) is 6. The van der Waals surface area contributed by atoms with Gasteiger partial charge in [0.1, 0.15) is 29.6 Å². The molecule has 0 radical (unpaired) electrons. The Balaban J connectivity index is 2.26. The van der Waals surface area contributed by atoms with Crippen molar-refractivity contribution in [2.45, 2.75) is 104 Å². The monoisotopic (exact) mass is 752 g/mol. The molecule has 6 atom stereocenters. The summed E-state index contributed by atoms with van der Waals surface area (Å²) in [6.45, 7) is 10.1. The van der Waals surface area contributed by atoms with Crippen molar-refractivity contribution in [3.63, 3.8) is 0 Å². The first-order valence-electron chi connectivity index (χ1n) is 17.3. The van der Waals surface area contributed by atoms with Gasteiger partial charge in [-0.15, -0.1) is 13.2 Å². The van der Waals surface area contributed by atoms with Crippen molar-refractivity contribution in [1.82, 2.24) is 21.3 Å². The molecule has 53 heavy (non-hydrogen) atoms. The molecule has 0 aliphatic heterocycles. The maximum atomic E-state index is 13.7. The quantitative estimate of drug-likeness (QED) is 0.118. The summed E-state index contributed by atoms with van der Waals surface area (Å²) in [7, 11) is 1.28. The van der Waals surface area contributed by atoms with E-state index in [9.17, 15) is 47.4 Å². The number of ether oxygens (including phenoxy) is 2. The van der Waals surface area contributed by atoms with E-state index in [2.05, 4.69) is 26.0 Å². The highest BCUT2D eigenvalue weighted by Crippen LogP contribution is 2.29. The molecule has 0 heterocycles. The lowest BCUT2D eigenvalue weighted by Crippen LogP contribution is -2.57. The lowest BCUT2D eigenvalue weighted by molar-refractivity contribution is -0.274. The largest absolute Gasteiger partial charge is 0.573 e. The molecule has 2 unspecified atom stereocenters. The van der Waals surface area contributed by atoms with Crippen LogP contribution < -0.4 is 30.7 Å².